The van der Waals surface area contributed by atoms with Gasteiger partial charge in [0.1, 0.15) is 6.61 Å². The number of carbonyl (C=O) groups is 2. The normalized spacial score (nSPS) is 13.3. The Kier molecular flexibility index (Phi) is 35.7. The predicted molar refractivity (Wildman–Crippen MR) is 205 cm³/mol. The van der Waals surface area contributed by atoms with Crippen LogP contribution >= 0.6 is 0 Å². The molecule has 1 N–H and O–H groups in total. The van der Waals surface area contributed by atoms with Crippen molar-refractivity contribution in [1.82, 2.24) is 0 Å². The molecule has 0 bridgehead atoms. The number of ether oxygens (including phenoxy) is 2. The van der Waals surface area contributed by atoms with Crippen LogP contribution in [-0.2, 0) is 19.1 Å². The first kappa shape index (κ1) is 44.8. The van der Waals surface area contributed by atoms with E-state index < -0.39 is 12.1 Å². The van der Waals surface area contributed by atoms with Crippen molar-refractivity contribution in [2.24, 2.45) is 0 Å². The van der Waals surface area contributed by atoms with Crippen LogP contribution in [-0.4, -0.2) is 36.4 Å². The smallest absolute Gasteiger partial charge is 0.306 e. The molecule has 0 aliphatic heterocycles. The van der Waals surface area contributed by atoms with E-state index in [1.165, 1.54) is 32.1 Å². The molecule has 48 heavy (non-hydrogen) atoms. The Labute approximate surface area is 294 Å². The highest BCUT2D eigenvalue weighted by Gasteiger charge is 2.15. The van der Waals surface area contributed by atoms with Crippen molar-refractivity contribution < 1.29 is 24.2 Å². The molecule has 0 aromatic heterocycles. The zero-order chi connectivity index (χ0) is 35.0. The average Bonchev–Trinajstić information content (AvgIpc) is 3.09. The van der Waals surface area contributed by atoms with Crippen LogP contribution in [0.2, 0.25) is 0 Å². The molecule has 0 aliphatic carbocycles. The van der Waals surface area contributed by atoms with E-state index in [0.29, 0.717) is 12.8 Å². The Hall–Kier alpha value is -3.18. The van der Waals surface area contributed by atoms with Gasteiger partial charge in [0.15, 0.2) is 6.10 Å². The molecule has 0 fully saturated rings. The van der Waals surface area contributed by atoms with Gasteiger partial charge in [0.05, 0.1) is 6.61 Å². The number of esters is 2. The average molecular weight is 665 g/mol. The molecular formula is C43H68O5. The van der Waals surface area contributed by atoms with Gasteiger partial charge in [-0.3, -0.25) is 9.59 Å². The fourth-order valence-corrected chi connectivity index (χ4v) is 4.55. The minimum atomic E-state index is -0.823. The minimum absolute atomic E-state index is 0.110. The predicted octanol–water partition coefficient (Wildman–Crippen LogP) is 11.7. The molecule has 0 amide bonds. The molecule has 0 aromatic rings. The van der Waals surface area contributed by atoms with Crippen LogP contribution in [0.3, 0.4) is 0 Å². The summed E-state index contributed by atoms with van der Waals surface area (Å²) in [6.45, 7) is 3.89. The molecule has 0 saturated heterocycles. The van der Waals surface area contributed by atoms with E-state index in [9.17, 15) is 14.7 Å². The molecule has 270 valence electrons. The third-order valence-corrected chi connectivity index (χ3v) is 7.38. The lowest BCUT2D eigenvalue weighted by molar-refractivity contribution is -0.161. The Morgan fingerprint density at radius 3 is 1.44 bits per heavy atom. The summed E-state index contributed by atoms with van der Waals surface area (Å²) in [5.74, 6) is -0.716. The van der Waals surface area contributed by atoms with Gasteiger partial charge < -0.3 is 14.6 Å². The monoisotopic (exact) mass is 665 g/mol. The Balaban J connectivity index is 3.77. The number of carbonyl (C=O) groups excluding carboxylic acids is 2. The van der Waals surface area contributed by atoms with Gasteiger partial charge in [0, 0.05) is 12.8 Å². The summed E-state index contributed by atoms with van der Waals surface area (Å²) in [4.78, 5) is 24.2. The van der Waals surface area contributed by atoms with Crippen molar-refractivity contribution in [2.75, 3.05) is 13.2 Å². The Morgan fingerprint density at radius 1 is 0.500 bits per heavy atom. The van der Waals surface area contributed by atoms with E-state index in [4.69, 9.17) is 9.47 Å². The largest absolute Gasteiger partial charge is 0.462 e. The highest BCUT2D eigenvalue weighted by Crippen LogP contribution is 2.09. The maximum Gasteiger partial charge on any atom is 0.306 e. The van der Waals surface area contributed by atoms with Gasteiger partial charge in [-0.15, -0.1) is 0 Å². The molecule has 0 aromatic carbocycles. The fraction of sp³-hybridized carbons (Fsp3) is 0.581. The molecule has 0 spiro atoms. The molecule has 0 heterocycles. The molecule has 5 nitrogen and oxygen atoms in total. The van der Waals surface area contributed by atoms with Gasteiger partial charge in [-0.1, -0.05) is 143 Å². The summed E-state index contributed by atoms with van der Waals surface area (Å²) in [5.41, 5.74) is 0. The van der Waals surface area contributed by atoms with Crippen LogP contribution in [0.4, 0.5) is 0 Å². The fourth-order valence-electron chi connectivity index (χ4n) is 4.55. The highest BCUT2D eigenvalue weighted by molar-refractivity contribution is 5.70. The first-order chi connectivity index (χ1) is 23.6. The molecule has 0 aliphatic rings. The van der Waals surface area contributed by atoms with Crippen LogP contribution in [0.1, 0.15) is 142 Å². The summed E-state index contributed by atoms with van der Waals surface area (Å²) >= 11 is 0. The van der Waals surface area contributed by atoms with Gasteiger partial charge in [-0.25, -0.2) is 0 Å². The van der Waals surface area contributed by atoms with Crippen LogP contribution in [0.15, 0.2) is 97.2 Å². The van der Waals surface area contributed by atoms with E-state index in [0.717, 1.165) is 77.0 Å². The molecule has 0 rings (SSSR count). The third kappa shape index (κ3) is 35.7. The first-order valence-corrected chi connectivity index (χ1v) is 18.8. The van der Waals surface area contributed by atoms with E-state index in [-0.39, 0.29) is 25.6 Å². The maximum absolute atomic E-state index is 12.1. The number of hydrogen-bond acceptors (Lipinski definition) is 5. The maximum atomic E-state index is 12.1. The lowest BCUT2D eigenvalue weighted by Crippen LogP contribution is -2.28. The summed E-state index contributed by atoms with van der Waals surface area (Å²) in [6, 6.07) is 0. The van der Waals surface area contributed by atoms with Gasteiger partial charge in [-0.2, -0.15) is 0 Å². The second-order valence-electron chi connectivity index (χ2n) is 11.9. The Bertz CT molecular complexity index is 979. The van der Waals surface area contributed by atoms with Gasteiger partial charge in [0.2, 0.25) is 0 Å². The molecular weight excluding hydrogens is 596 g/mol. The number of allylic oxidation sites excluding steroid dienone is 16. The molecule has 1 atom stereocenters. The van der Waals surface area contributed by atoms with Gasteiger partial charge in [-0.05, 0) is 83.5 Å². The number of unbranched alkanes of at least 4 members (excludes halogenated alkanes) is 8. The van der Waals surface area contributed by atoms with Gasteiger partial charge >= 0.3 is 11.9 Å². The highest BCUT2D eigenvalue weighted by atomic mass is 16.6. The van der Waals surface area contributed by atoms with E-state index >= 15 is 0 Å². The molecule has 5 heteroatoms. The Morgan fingerprint density at radius 2 is 0.938 bits per heavy atom. The zero-order valence-corrected chi connectivity index (χ0v) is 30.5. The van der Waals surface area contributed by atoms with Crippen molar-refractivity contribution in [3.63, 3.8) is 0 Å². The first-order valence-electron chi connectivity index (χ1n) is 18.8. The van der Waals surface area contributed by atoms with E-state index in [1.807, 2.05) is 12.2 Å². The van der Waals surface area contributed by atoms with E-state index in [1.54, 1.807) is 0 Å². The van der Waals surface area contributed by atoms with Crippen LogP contribution in [0.5, 0.6) is 0 Å². The number of aliphatic hydroxyl groups is 1. The number of rotatable bonds is 32. The van der Waals surface area contributed by atoms with Gasteiger partial charge in [0.25, 0.3) is 0 Å². The summed E-state index contributed by atoms with van der Waals surface area (Å²) in [7, 11) is 0. The van der Waals surface area contributed by atoms with Crippen LogP contribution in [0.25, 0.3) is 0 Å². The second-order valence-corrected chi connectivity index (χ2v) is 11.9. The topological polar surface area (TPSA) is 72.8 Å². The molecule has 0 saturated carbocycles. The zero-order valence-electron chi connectivity index (χ0n) is 30.5. The number of hydrogen-bond donors (Lipinski definition) is 1. The summed E-state index contributed by atoms with van der Waals surface area (Å²) in [6.07, 6.45) is 53.3. The van der Waals surface area contributed by atoms with Crippen molar-refractivity contribution in [2.45, 2.75) is 148 Å². The standard InChI is InChI=1S/C43H68O5/c1-3-5-7-9-11-13-15-17-19-20-21-22-24-26-28-30-32-34-36-38-43(46)48-41(39-44)40-47-42(45)37-35-33-31-29-27-25-23-18-16-14-12-10-8-6-4-2/h5,7,11-14,17-19,21-23,26,28,32,34,41,44H,3-4,6,8-10,15-16,20,24-25,27,29-31,33,35-40H2,1-2H3/b7-5+,13-11+,14-12+,19-17+,22-21+,23-18+,28-26+,34-32+/t41-/m0/s1. The molecule has 0 radical (unpaired) electrons. The van der Waals surface area contributed by atoms with Crippen molar-refractivity contribution in [3.8, 4) is 0 Å². The number of aliphatic hydroxyl groups excluding tert-OH is 1. The van der Waals surface area contributed by atoms with Crippen molar-refractivity contribution in [1.29, 1.82) is 0 Å². The minimum Gasteiger partial charge on any atom is -0.462 e. The van der Waals surface area contributed by atoms with Crippen LogP contribution < -0.4 is 0 Å². The lowest BCUT2D eigenvalue weighted by Gasteiger charge is -2.15. The van der Waals surface area contributed by atoms with Crippen molar-refractivity contribution >= 4 is 11.9 Å². The lowest BCUT2D eigenvalue weighted by atomic mass is 10.1. The quantitative estimate of drug-likeness (QED) is 0.0440. The van der Waals surface area contributed by atoms with E-state index in [2.05, 4.69) is 98.9 Å². The SMILES string of the molecule is CC/C=C/C/C=C/C/C=C/C/C=C/C/C=C/C/C=C/CCC(=O)O[C@@H](CO)COC(=O)CCCCCCC/C=C/C/C=C/CCCCC. The van der Waals surface area contributed by atoms with Crippen LogP contribution in [0, 0.1) is 0 Å². The molecule has 0 unspecified atom stereocenters. The third-order valence-electron chi connectivity index (χ3n) is 7.38. The summed E-state index contributed by atoms with van der Waals surface area (Å²) < 4.78 is 10.5. The second kappa shape index (κ2) is 38.3. The van der Waals surface area contributed by atoms with Crippen molar-refractivity contribution in [3.05, 3.63) is 97.2 Å². The summed E-state index contributed by atoms with van der Waals surface area (Å²) in [5, 5.41) is 9.53.